The van der Waals surface area contributed by atoms with Gasteiger partial charge in [-0.25, -0.2) is 9.97 Å². The summed E-state index contributed by atoms with van der Waals surface area (Å²) in [4.78, 5) is 19.5. The van der Waals surface area contributed by atoms with Crippen LogP contribution in [-0.2, 0) is 6.42 Å². The van der Waals surface area contributed by atoms with E-state index in [1.165, 1.54) is 6.33 Å². The molecule has 0 fully saturated rings. The van der Waals surface area contributed by atoms with Crippen LogP contribution >= 0.6 is 0 Å². The molecule has 0 aliphatic rings. The maximum atomic E-state index is 11.5. The monoisotopic (exact) mass is 178 g/mol. The molecule has 0 amide bonds. The number of carbonyl (C=O) groups is 1. The van der Waals surface area contributed by atoms with Gasteiger partial charge in [-0.3, -0.25) is 4.79 Å². The summed E-state index contributed by atoms with van der Waals surface area (Å²) in [7, 11) is 0. The van der Waals surface area contributed by atoms with Gasteiger partial charge < -0.3 is 0 Å². The molecule has 0 saturated heterocycles. The molecule has 0 aromatic carbocycles. The molecule has 70 valence electrons. The zero-order valence-electron chi connectivity index (χ0n) is 8.24. The molecule has 3 nitrogen and oxygen atoms in total. The van der Waals surface area contributed by atoms with E-state index < -0.39 is 0 Å². The molecule has 1 heterocycles. The summed E-state index contributed by atoms with van der Waals surface area (Å²) >= 11 is 0. The van der Waals surface area contributed by atoms with Crippen LogP contribution in [0.25, 0.3) is 0 Å². The zero-order valence-corrected chi connectivity index (χ0v) is 8.24. The van der Waals surface area contributed by atoms with Gasteiger partial charge in [0.2, 0.25) is 0 Å². The van der Waals surface area contributed by atoms with Crippen molar-refractivity contribution >= 4 is 5.78 Å². The van der Waals surface area contributed by atoms with Crippen LogP contribution in [-0.4, -0.2) is 15.8 Å². The van der Waals surface area contributed by atoms with Crippen LogP contribution in [0.2, 0.25) is 0 Å². The third-order valence-electron chi connectivity index (χ3n) is 1.86. The van der Waals surface area contributed by atoms with E-state index in [1.54, 1.807) is 6.07 Å². The summed E-state index contributed by atoms with van der Waals surface area (Å²) in [6.45, 7) is 5.75. The van der Waals surface area contributed by atoms with Crippen molar-refractivity contribution in [1.29, 1.82) is 0 Å². The SMILES string of the molecule is CCc1cc(C(=O)C(C)C)ncn1. The summed E-state index contributed by atoms with van der Waals surface area (Å²) in [5, 5.41) is 0. The van der Waals surface area contributed by atoms with Crippen molar-refractivity contribution in [3.05, 3.63) is 23.8 Å². The highest BCUT2D eigenvalue weighted by atomic mass is 16.1. The van der Waals surface area contributed by atoms with E-state index in [0.717, 1.165) is 12.1 Å². The smallest absolute Gasteiger partial charge is 0.183 e. The molecule has 1 rings (SSSR count). The summed E-state index contributed by atoms with van der Waals surface area (Å²) in [5.41, 5.74) is 1.45. The van der Waals surface area contributed by atoms with Crippen molar-refractivity contribution in [3.8, 4) is 0 Å². The molecule has 13 heavy (non-hydrogen) atoms. The Bertz CT molecular complexity index is 308. The number of nitrogens with zero attached hydrogens (tertiary/aromatic N) is 2. The summed E-state index contributed by atoms with van der Waals surface area (Å²) in [6, 6.07) is 1.77. The third kappa shape index (κ3) is 2.34. The van der Waals surface area contributed by atoms with Gasteiger partial charge in [-0.15, -0.1) is 0 Å². The fourth-order valence-electron chi connectivity index (χ4n) is 1.02. The molecule has 0 saturated carbocycles. The van der Waals surface area contributed by atoms with Crippen molar-refractivity contribution in [1.82, 2.24) is 9.97 Å². The van der Waals surface area contributed by atoms with E-state index in [2.05, 4.69) is 9.97 Å². The van der Waals surface area contributed by atoms with Gasteiger partial charge in [-0.05, 0) is 12.5 Å². The molecule has 3 heteroatoms. The first-order valence-electron chi connectivity index (χ1n) is 4.50. The summed E-state index contributed by atoms with van der Waals surface area (Å²) < 4.78 is 0. The van der Waals surface area contributed by atoms with E-state index in [-0.39, 0.29) is 11.7 Å². The second-order valence-corrected chi connectivity index (χ2v) is 3.27. The minimum absolute atomic E-state index is 0.000365. The van der Waals surface area contributed by atoms with Crippen LogP contribution in [0, 0.1) is 5.92 Å². The Morgan fingerprint density at radius 2 is 2.15 bits per heavy atom. The average Bonchev–Trinajstić information content (AvgIpc) is 2.16. The normalized spacial score (nSPS) is 10.5. The molecule has 0 spiro atoms. The number of Topliss-reactive ketones (excluding diaryl/α,β-unsaturated/α-hetero) is 1. The fraction of sp³-hybridized carbons (Fsp3) is 0.500. The Hall–Kier alpha value is -1.25. The van der Waals surface area contributed by atoms with E-state index in [1.807, 2.05) is 20.8 Å². The highest BCUT2D eigenvalue weighted by Gasteiger charge is 2.11. The van der Waals surface area contributed by atoms with E-state index >= 15 is 0 Å². The minimum atomic E-state index is -0.000365. The molecule has 1 aromatic rings. The first kappa shape index (κ1) is 9.84. The number of hydrogen-bond acceptors (Lipinski definition) is 3. The number of ketones is 1. The lowest BCUT2D eigenvalue weighted by Crippen LogP contribution is -2.10. The predicted octanol–water partition coefficient (Wildman–Crippen LogP) is 1.88. The van der Waals surface area contributed by atoms with Crippen LogP contribution in [0.5, 0.6) is 0 Å². The van der Waals surface area contributed by atoms with E-state index in [4.69, 9.17) is 0 Å². The lowest BCUT2D eigenvalue weighted by atomic mass is 10.1. The highest BCUT2D eigenvalue weighted by molar-refractivity contribution is 5.95. The Morgan fingerprint density at radius 1 is 1.46 bits per heavy atom. The Labute approximate surface area is 78.2 Å². The highest BCUT2D eigenvalue weighted by Crippen LogP contribution is 2.06. The van der Waals surface area contributed by atoms with Crippen molar-refractivity contribution in [2.75, 3.05) is 0 Å². The van der Waals surface area contributed by atoms with Gasteiger partial charge in [0.05, 0.1) is 0 Å². The first-order valence-corrected chi connectivity index (χ1v) is 4.50. The lowest BCUT2D eigenvalue weighted by Gasteiger charge is -2.03. The van der Waals surface area contributed by atoms with E-state index in [9.17, 15) is 4.79 Å². The maximum Gasteiger partial charge on any atom is 0.183 e. The topological polar surface area (TPSA) is 42.9 Å². The van der Waals surface area contributed by atoms with Crippen LogP contribution in [0.4, 0.5) is 0 Å². The molecule has 0 N–H and O–H groups in total. The summed E-state index contributed by atoms with van der Waals surface area (Å²) in [5.74, 6) is 0.0803. The van der Waals surface area contributed by atoms with Gasteiger partial charge >= 0.3 is 0 Å². The lowest BCUT2D eigenvalue weighted by molar-refractivity contribution is 0.0934. The van der Waals surface area contributed by atoms with Crippen molar-refractivity contribution < 1.29 is 4.79 Å². The summed E-state index contributed by atoms with van der Waals surface area (Å²) in [6.07, 6.45) is 2.29. The van der Waals surface area contributed by atoms with Gasteiger partial charge in [-0.2, -0.15) is 0 Å². The van der Waals surface area contributed by atoms with Crippen molar-refractivity contribution in [2.45, 2.75) is 27.2 Å². The number of hydrogen-bond donors (Lipinski definition) is 0. The molecular weight excluding hydrogens is 164 g/mol. The maximum absolute atomic E-state index is 11.5. The van der Waals surface area contributed by atoms with Gasteiger partial charge in [-0.1, -0.05) is 20.8 Å². The van der Waals surface area contributed by atoms with Gasteiger partial charge in [0.25, 0.3) is 0 Å². The molecule has 0 radical (unpaired) electrons. The molecule has 0 aliphatic carbocycles. The van der Waals surface area contributed by atoms with E-state index in [0.29, 0.717) is 5.69 Å². The van der Waals surface area contributed by atoms with Crippen molar-refractivity contribution in [2.24, 2.45) is 5.92 Å². The van der Waals surface area contributed by atoms with Crippen LogP contribution in [0.1, 0.15) is 37.0 Å². The Kier molecular flexibility index (Phi) is 3.12. The Balaban J connectivity index is 2.95. The van der Waals surface area contributed by atoms with Gasteiger partial charge in [0, 0.05) is 11.6 Å². The van der Waals surface area contributed by atoms with Crippen LogP contribution < -0.4 is 0 Å². The second-order valence-electron chi connectivity index (χ2n) is 3.27. The molecule has 0 bridgehead atoms. The Morgan fingerprint density at radius 3 is 2.69 bits per heavy atom. The third-order valence-corrected chi connectivity index (χ3v) is 1.86. The second kappa shape index (κ2) is 4.12. The molecule has 0 unspecified atom stereocenters. The van der Waals surface area contributed by atoms with Crippen molar-refractivity contribution in [3.63, 3.8) is 0 Å². The number of carbonyl (C=O) groups excluding carboxylic acids is 1. The van der Waals surface area contributed by atoms with Gasteiger partial charge in [0.15, 0.2) is 5.78 Å². The predicted molar refractivity (Wildman–Crippen MR) is 50.6 cm³/mol. The number of aromatic nitrogens is 2. The zero-order chi connectivity index (χ0) is 9.84. The largest absolute Gasteiger partial charge is 0.292 e. The van der Waals surface area contributed by atoms with Crippen LogP contribution in [0.3, 0.4) is 0 Å². The number of rotatable bonds is 3. The fourth-order valence-corrected chi connectivity index (χ4v) is 1.02. The molecule has 1 aromatic heterocycles. The molecule has 0 atom stereocenters. The molecule has 0 aliphatic heterocycles. The van der Waals surface area contributed by atoms with Crippen LogP contribution in [0.15, 0.2) is 12.4 Å². The first-order chi connectivity index (χ1) is 6.15. The minimum Gasteiger partial charge on any atom is -0.292 e. The number of aryl methyl sites for hydroxylation is 1. The standard InChI is InChI=1S/C10H14N2O/c1-4-8-5-9(12-6-11-8)10(13)7(2)3/h5-7H,4H2,1-3H3. The quantitative estimate of drug-likeness (QED) is 0.664. The molecular formula is C10H14N2O. The average molecular weight is 178 g/mol. The van der Waals surface area contributed by atoms with Gasteiger partial charge in [0.1, 0.15) is 12.0 Å².